The molecule has 0 aliphatic heterocycles. The van der Waals surface area contributed by atoms with Crippen molar-refractivity contribution in [3.05, 3.63) is 23.7 Å². The Morgan fingerprint density at radius 3 is 2.83 bits per heavy atom. The van der Waals surface area contributed by atoms with Crippen LogP contribution in [0.5, 0.6) is 0 Å². The Morgan fingerprint density at radius 1 is 1.58 bits per heavy atom. The topological polar surface area (TPSA) is 54.3 Å². The summed E-state index contributed by atoms with van der Waals surface area (Å²) in [7, 11) is 1.64. The van der Waals surface area contributed by atoms with Crippen molar-refractivity contribution < 1.29 is 9.21 Å². The van der Waals surface area contributed by atoms with E-state index in [1.54, 1.807) is 13.1 Å². The molecule has 0 fully saturated rings. The molecule has 0 aromatic carbocycles. The number of amides is 1. The molecule has 12 heavy (non-hydrogen) atoms. The zero-order chi connectivity index (χ0) is 8.97. The highest BCUT2D eigenvalue weighted by Crippen LogP contribution is 2.06. The maximum Gasteiger partial charge on any atom is 0.241 e. The van der Waals surface area contributed by atoms with Crippen molar-refractivity contribution in [2.24, 2.45) is 0 Å². The first kappa shape index (κ1) is 8.80. The molecule has 0 radical (unpaired) electrons. The maximum atomic E-state index is 11.0. The zero-order valence-corrected chi connectivity index (χ0v) is 7.18. The first-order chi connectivity index (χ1) is 5.72. The van der Waals surface area contributed by atoms with Crippen LogP contribution >= 0.6 is 0 Å². The van der Waals surface area contributed by atoms with E-state index in [9.17, 15) is 4.79 Å². The number of rotatable bonds is 3. The Bertz CT molecular complexity index is 268. The lowest BCUT2D eigenvalue weighted by Gasteiger charge is -1.99. The summed E-state index contributed by atoms with van der Waals surface area (Å²) >= 11 is 0. The number of furan rings is 1. The van der Waals surface area contributed by atoms with E-state index >= 15 is 0 Å². The lowest BCUT2D eigenvalue weighted by molar-refractivity contribution is -0.121. The van der Waals surface area contributed by atoms with E-state index in [1.807, 2.05) is 13.0 Å². The summed E-state index contributed by atoms with van der Waals surface area (Å²) in [6.07, 6.45) is 0.272. The van der Waals surface area contributed by atoms with Crippen LogP contribution in [0.25, 0.3) is 0 Å². The average Bonchev–Trinajstić information content (AvgIpc) is 2.36. The fourth-order valence-corrected chi connectivity index (χ4v) is 0.922. The van der Waals surface area contributed by atoms with Crippen LogP contribution in [0, 0.1) is 6.92 Å². The van der Waals surface area contributed by atoms with Gasteiger partial charge in [0.2, 0.25) is 5.91 Å². The number of carbonyl (C=O) groups excluding carboxylic acids is 1. The van der Waals surface area contributed by atoms with Crippen molar-refractivity contribution >= 4 is 5.91 Å². The lowest BCUT2D eigenvalue weighted by Crippen LogP contribution is -2.35. The Kier molecular flexibility index (Phi) is 2.88. The highest BCUT2D eigenvalue weighted by Gasteiger charge is 2.04. The molecule has 4 nitrogen and oxygen atoms in total. The molecule has 4 heteroatoms. The Balaban J connectivity index is 2.46. The number of hydrogen-bond donors (Lipinski definition) is 2. The smallest absolute Gasteiger partial charge is 0.241 e. The number of aryl methyl sites for hydroxylation is 1. The van der Waals surface area contributed by atoms with E-state index in [2.05, 4.69) is 10.9 Å². The van der Waals surface area contributed by atoms with Gasteiger partial charge in [-0.15, -0.1) is 0 Å². The van der Waals surface area contributed by atoms with E-state index in [0.717, 1.165) is 5.76 Å². The fraction of sp³-hybridized carbons (Fsp3) is 0.375. The van der Waals surface area contributed by atoms with Crippen LogP contribution in [-0.4, -0.2) is 13.0 Å². The molecule has 66 valence electrons. The Morgan fingerprint density at radius 2 is 2.33 bits per heavy atom. The molecular formula is C8H12N2O2. The monoisotopic (exact) mass is 168 g/mol. The molecule has 1 aromatic heterocycles. The van der Waals surface area contributed by atoms with Crippen LogP contribution in [0.1, 0.15) is 11.5 Å². The summed E-state index contributed by atoms with van der Waals surface area (Å²) in [5.74, 6) is 1.40. The van der Waals surface area contributed by atoms with Crippen molar-refractivity contribution in [3.63, 3.8) is 0 Å². The van der Waals surface area contributed by atoms with E-state index in [0.29, 0.717) is 5.76 Å². The summed E-state index contributed by atoms with van der Waals surface area (Å²) in [4.78, 5) is 11.0. The van der Waals surface area contributed by atoms with Gasteiger partial charge < -0.3 is 4.42 Å². The van der Waals surface area contributed by atoms with Gasteiger partial charge in [0.25, 0.3) is 0 Å². The number of hydrogen-bond acceptors (Lipinski definition) is 3. The summed E-state index contributed by atoms with van der Waals surface area (Å²) < 4.78 is 5.21. The van der Waals surface area contributed by atoms with Crippen LogP contribution in [-0.2, 0) is 11.2 Å². The summed E-state index contributed by atoms with van der Waals surface area (Å²) in [6.45, 7) is 1.85. The van der Waals surface area contributed by atoms with Gasteiger partial charge in [-0.05, 0) is 19.1 Å². The van der Waals surface area contributed by atoms with Gasteiger partial charge in [0.05, 0.1) is 6.42 Å². The van der Waals surface area contributed by atoms with E-state index in [-0.39, 0.29) is 12.3 Å². The van der Waals surface area contributed by atoms with Gasteiger partial charge in [-0.1, -0.05) is 0 Å². The lowest BCUT2D eigenvalue weighted by atomic mass is 10.3. The SMILES string of the molecule is CNNC(=O)Cc1ccc(C)o1. The van der Waals surface area contributed by atoms with Gasteiger partial charge in [0, 0.05) is 7.05 Å². The Hall–Kier alpha value is -1.29. The van der Waals surface area contributed by atoms with Gasteiger partial charge in [-0.3, -0.25) is 10.2 Å². The van der Waals surface area contributed by atoms with Crippen LogP contribution in [0.4, 0.5) is 0 Å². The molecule has 0 spiro atoms. The van der Waals surface area contributed by atoms with Crippen LogP contribution in [0.15, 0.2) is 16.5 Å². The van der Waals surface area contributed by atoms with Gasteiger partial charge in [0.1, 0.15) is 11.5 Å². The molecule has 1 amide bonds. The fourth-order valence-electron chi connectivity index (χ4n) is 0.922. The third-order valence-electron chi connectivity index (χ3n) is 1.40. The van der Waals surface area contributed by atoms with Crippen molar-refractivity contribution in [1.29, 1.82) is 0 Å². The molecule has 2 N–H and O–H groups in total. The average molecular weight is 168 g/mol. The molecule has 1 heterocycles. The molecule has 0 aliphatic rings. The molecule has 0 saturated carbocycles. The van der Waals surface area contributed by atoms with Crippen molar-refractivity contribution in [1.82, 2.24) is 10.9 Å². The second-order valence-corrected chi connectivity index (χ2v) is 2.49. The second kappa shape index (κ2) is 3.92. The minimum Gasteiger partial charge on any atom is -0.466 e. The minimum absolute atomic E-state index is 0.105. The largest absolute Gasteiger partial charge is 0.466 e. The number of hydrazine groups is 1. The quantitative estimate of drug-likeness (QED) is 0.641. The highest BCUT2D eigenvalue weighted by atomic mass is 16.3. The molecule has 0 atom stereocenters. The third-order valence-corrected chi connectivity index (χ3v) is 1.40. The zero-order valence-electron chi connectivity index (χ0n) is 7.18. The van der Waals surface area contributed by atoms with E-state index in [1.165, 1.54) is 0 Å². The minimum atomic E-state index is -0.105. The summed E-state index contributed by atoms with van der Waals surface area (Å²) in [5.41, 5.74) is 5.01. The van der Waals surface area contributed by atoms with E-state index in [4.69, 9.17) is 4.42 Å². The predicted octanol–water partition coefficient (Wildman–Crippen LogP) is 0.381. The van der Waals surface area contributed by atoms with E-state index < -0.39 is 0 Å². The van der Waals surface area contributed by atoms with Gasteiger partial charge in [0.15, 0.2) is 0 Å². The molecule has 0 bridgehead atoms. The van der Waals surface area contributed by atoms with Gasteiger partial charge in [-0.25, -0.2) is 5.43 Å². The van der Waals surface area contributed by atoms with Crippen molar-refractivity contribution in [2.75, 3.05) is 7.05 Å². The molecule has 1 aromatic rings. The summed E-state index contributed by atoms with van der Waals surface area (Å²) in [6, 6.07) is 3.63. The Labute approximate surface area is 70.9 Å². The van der Waals surface area contributed by atoms with Gasteiger partial charge in [-0.2, -0.15) is 0 Å². The normalized spacial score (nSPS) is 9.83. The predicted molar refractivity (Wildman–Crippen MR) is 44.4 cm³/mol. The molecule has 0 unspecified atom stereocenters. The highest BCUT2D eigenvalue weighted by molar-refractivity contribution is 5.77. The van der Waals surface area contributed by atoms with Crippen LogP contribution in [0.3, 0.4) is 0 Å². The summed E-state index contributed by atoms with van der Waals surface area (Å²) in [5, 5.41) is 0. The second-order valence-electron chi connectivity index (χ2n) is 2.49. The number of carbonyl (C=O) groups is 1. The molecule has 0 aliphatic carbocycles. The third kappa shape index (κ3) is 2.39. The maximum absolute atomic E-state index is 11.0. The van der Waals surface area contributed by atoms with Crippen molar-refractivity contribution in [2.45, 2.75) is 13.3 Å². The number of nitrogens with one attached hydrogen (secondary N) is 2. The van der Waals surface area contributed by atoms with Crippen molar-refractivity contribution in [3.8, 4) is 0 Å². The first-order valence-electron chi connectivity index (χ1n) is 3.73. The van der Waals surface area contributed by atoms with Crippen LogP contribution < -0.4 is 10.9 Å². The molecule has 0 saturated heterocycles. The molecular weight excluding hydrogens is 156 g/mol. The van der Waals surface area contributed by atoms with Crippen LogP contribution in [0.2, 0.25) is 0 Å². The first-order valence-corrected chi connectivity index (χ1v) is 3.73. The van der Waals surface area contributed by atoms with Gasteiger partial charge >= 0.3 is 0 Å². The standard InChI is InChI=1S/C8H12N2O2/c1-6-3-4-7(12-6)5-8(11)10-9-2/h3-4,9H,5H2,1-2H3,(H,10,11). The molecule has 1 rings (SSSR count).